The van der Waals surface area contributed by atoms with E-state index in [1.54, 1.807) is 17.7 Å². The average molecular weight is 412 g/mol. The number of nitrogens with one attached hydrogen (secondary N) is 1. The van der Waals surface area contributed by atoms with Gasteiger partial charge < -0.3 is 19.7 Å². The minimum atomic E-state index is -0.919. The number of carbonyl (C=O) groups excluding carboxylic acids is 2. The molecule has 1 saturated heterocycles. The summed E-state index contributed by atoms with van der Waals surface area (Å²) in [5.74, 6) is -0.965. The van der Waals surface area contributed by atoms with Crippen LogP contribution in [0.2, 0.25) is 0 Å². The van der Waals surface area contributed by atoms with E-state index < -0.39 is 12.1 Å². The Morgan fingerprint density at radius 3 is 2.47 bits per heavy atom. The summed E-state index contributed by atoms with van der Waals surface area (Å²) in [6, 6.07) is 7.59. The van der Waals surface area contributed by atoms with Crippen LogP contribution in [0, 0.1) is 13.8 Å². The molecule has 1 fully saturated rings. The van der Waals surface area contributed by atoms with Crippen LogP contribution in [0.5, 0.6) is 0 Å². The third kappa shape index (κ3) is 5.27. The number of anilines is 2. The number of ether oxygens (including phenoxy) is 2. The van der Waals surface area contributed by atoms with Crippen LogP contribution >= 0.6 is 0 Å². The first-order chi connectivity index (χ1) is 14.3. The topological polar surface area (TPSA) is 85.7 Å². The van der Waals surface area contributed by atoms with Crippen molar-refractivity contribution in [2.24, 2.45) is 7.05 Å². The first-order valence-electron chi connectivity index (χ1n) is 9.97. The molecule has 1 atom stereocenters. The number of benzene rings is 1. The zero-order valence-electron chi connectivity index (χ0n) is 17.8. The van der Waals surface area contributed by atoms with Crippen LogP contribution in [0.25, 0.3) is 6.08 Å². The van der Waals surface area contributed by atoms with Crippen LogP contribution < -0.4 is 10.2 Å². The molecular formula is C22H28N4O4. The number of rotatable bonds is 6. The lowest BCUT2D eigenvalue weighted by molar-refractivity contribution is -0.148. The van der Waals surface area contributed by atoms with E-state index in [1.165, 1.54) is 6.08 Å². The SMILES string of the molecule is Cc1nn(C)c(C)c1/C=C/C(=O)O[C@H](C)C(=O)Nc1ccc(N2CCOCC2)cc1. The van der Waals surface area contributed by atoms with Gasteiger partial charge in [0, 0.05) is 48.8 Å². The van der Waals surface area contributed by atoms with E-state index >= 15 is 0 Å². The molecule has 2 aromatic rings. The molecule has 1 amide bonds. The van der Waals surface area contributed by atoms with E-state index in [2.05, 4.69) is 15.3 Å². The van der Waals surface area contributed by atoms with Crippen molar-refractivity contribution in [3.8, 4) is 0 Å². The lowest BCUT2D eigenvalue weighted by Gasteiger charge is -2.28. The highest BCUT2D eigenvalue weighted by Gasteiger charge is 2.17. The molecule has 0 radical (unpaired) electrons. The van der Waals surface area contributed by atoms with Crippen molar-refractivity contribution >= 4 is 29.3 Å². The Bertz CT molecular complexity index is 927. The van der Waals surface area contributed by atoms with Crippen molar-refractivity contribution in [3.63, 3.8) is 0 Å². The lowest BCUT2D eigenvalue weighted by atomic mass is 10.2. The fraction of sp³-hybridized carbons (Fsp3) is 0.409. The average Bonchev–Trinajstić information content (AvgIpc) is 2.98. The van der Waals surface area contributed by atoms with Crippen molar-refractivity contribution in [1.82, 2.24) is 9.78 Å². The highest BCUT2D eigenvalue weighted by molar-refractivity contribution is 5.96. The molecular weight excluding hydrogens is 384 g/mol. The molecule has 160 valence electrons. The minimum absolute atomic E-state index is 0.385. The minimum Gasteiger partial charge on any atom is -0.449 e. The van der Waals surface area contributed by atoms with Gasteiger partial charge in [0.25, 0.3) is 5.91 Å². The van der Waals surface area contributed by atoms with Gasteiger partial charge in [0.05, 0.1) is 18.9 Å². The first-order valence-corrected chi connectivity index (χ1v) is 9.97. The van der Waals surface area contributed by atoms with E-state index in [-0.39, 0.29) is 5.91 Å². The van der Waals surface area contributed by atoms with Crippen molar-refractivity contribution in [2.75, 3.05) is 36.5 Å². The largest absolute Gasteiger partial charge is 0.449 e. The third-order valence-corrected chi connectivity index (χ3v) is 5.12. The monoisotopic (exact) mass is 412 g/mol. The summed E-state index contributed by atoms with van der Waals surface area (Å²) in [5, 5.41) is 7.08. The van der Waals surface area contributed by atoms with Crippen molar-refractivity contribution in [3.05, 3.63) is 47.3 Å². The van der Waals surface area contributed by atoms with Gasteiger partial charge in [-0.1, -0.05) is 0 Å². The number of nitrogens with zero attached hydrogens (tertiary/aromatic N) is 3. The van der Waals surface area contributed by atoms with Crippen molar-refractivity contribution < 1.29 is 19.1 Å². The smallest absolute Gasteiger partial charge is 0.331 e. The van der Waals surface area contributed by atoms with Gasteiger partial charge in [-0.3, -0.25) is 9.48 Å². The van der Waals surface area contributed by atoms with Gasteiger partial charge in [0.2, 0.25) is 0 Å². The Morgan fingerprint density at radius 1 is 1.20 bits per heavy atom. The second kappa shape index (κ2) is 9.58. The molecule has 1 aromatic carbocycles. The lowest BCUT2D eigenvalue weighted by Crippen LogP contribution is -2.36. The molecule has 1 aromatic heterocycles. The molecule has 0 aliphatic carbocycles. The number of esters is 1. The molecule has 2 heterocycles. The third-order valence-electron chi connectivity index (χ3n) is 5.12. The summed E-state index contributed by atoms with van der Waals surface area (Å²) in [6.45, 7) is 8.48. The van der Waals surface area contributed by atoms with Crippen LogP contribution in [-0.4, -0.2) is 54.1 Å². The molecule has 8 heteroatoms. The van der Waals surface area contributed by atoms with Crippen LogP contribution in [0.3, 0.4) is 0 Å². The maximum absolute atomic E-state index is 12.4. The van der Waals surface area contributed by atoms with Gasteiger partial charge >= 0.3 is 5.97 Å². The number of morpholine rings is 1. The number of hydrogen-bond acceptors (Lipinski definition) is 6. The Hall–Kier alpha value is -3.13. The second-order valence-corrected chi connectivity index (χ2v) is 7.26. The van der Waals surface area contributed by atoms with Gasteiger partial charge in [-0.2, -0.15) is 5.10 Å². The van der Waals surface area contributed by atoms with E-state index in [9.17, 15) is 9.59 Å². The van der Waals surface area contributed by atoms with Crippen molar-refractivity contribution in [1.29, 1.82) is 0 Å². The number of aryl methyl sites for hydroxylation is 2. The highest BCUT2D eigenvalue weighted by atomic mass is 16.5. The Labute approximate surface area is 176 Å². The number of amides is 1. The molecule has 0 spiro atoms. The van der Waals surface area contributed by atoms with Crippen LogP contribution in [0.4, 0.5) is 11.4 Å². The van der Waals surface area contributed by atoms with Gasteiger partial charge in [-0.15, -0.1) is 0 Å². The fourth-order valence-corrected chi connectivity index (χ4v) is 3.27. The molecule has 1 N–H and O–H groups in total. The molecule has 8 nitrogen and oxygen atoms in total. The van der Waals surface area contributed by atoms with Crippen molar-refractivity contribution in [2.45, 2.75) is 26.9 Å². The maximum atomic E-state index is 12.4. The summed E-state index contributed by atoms with van der Waals surface area (Å²) < 4.78 is 12.3. The Morgan fingerprint density at radius 2 is 1.87 bits per heavy atom. The number of aromatic nitrogens is 2. The van der Waals surface area contributed by atoms with E-state index in [1.807, 2.05) is 45.2 Å². The molecule has 0 bridgehead atoms. The first kappa shape index (κ1) is 21.6. The van der Waals surface area contributed by atoms with E-state index in [4.69, 9.17) is 9.47 Å². The van der Waals surface area contributed by atoms with Gasteiger partial charge in [0.15, 0.2) is 6.10 Å². The maximum Gasteiger partial charge on any atom is 0.331 e. The highest BCUT2D eigenvalue weighted by Crippen LogP contribution is 2.19. The molecule has 1 aliphatic rings. The van der Waals surface area contributed by atoms with Gasteiger partial charge in [-0.05, 0) is 51.1 Å². The van der Waals surface area contributed by atoms with Gasteiger partial charge in [-0.25, -0.2) is 4.79 Å². The van der Waals surface area contributed by atoms with E-state index in [0.717, 1.165) is 48.9 Å². The zero-order chi connectivity index (χ0) is 21.7. The summed E-state index contributed by atoms with van der Waals surface area (Å²) in [5.41, 5.74) is 4.37. The quantitative estimate of drug-likeness (QED) is 0.580. The molecule has 0 saturated carbocycles. The summed E-state index contributed by atoms with van der Waals surface area (Å²) in [4.78, 5) is 26.7. The molecule has 0 unspecified atom stereocenters. The Balaban J connectivity index is 1.52. The standard InChI is InChI=1S/C22H28N4O4/c1-15-20(16(2)25(4)24-15)9-10-21(27)30-17(3)22(28)23-18-5-7-19(8-6-18)26-11-13-29-14-12-26/h5-10,17H,11-14H2,1-4H3,(H,23,28)/b10-9+/t17-/m1/s1. The number of hydrogen-bond donors (Lipinski definition) is 1. The predicted molar refractivity (Wildman–Crippen MR) is 115 cm³/mol. The summed E-state index contributed by atoms with van der Waals surface area (Å²) >= 11 is 0. The number of carbonyl (C=O) groups is 2. The van der Waals surface area contributed by atoms with E-state index in [0.29, 0.717) is 5.69 Å². The van der Waals surface area contributed by atoms with Gasteiger partial charge in [0.1, 0.15) is 0 Å². The summed E-state index contributed by atoms with van der Waals surface area (Å²) in [7, 11) is 1.85. The molecule has 30 heavy (non-hydrogen) atoms. The Kier molecular flexibility index (Phi) is 6.89. The van der Waals surface area contributed by atoms with Crippen LogP contribution in [0.15, 0.2) is 30.3 Å². The molecule has 3 rings (SSSR count). The molecule has 1 aliphatic heterocycles. The summed E-state index contributed by atoms with van der Waals surface area (Å²) in [6.07, 6.45) is 2.06. The normalized spacial score (nSPS) is 15.3. The predicted octanol–water partition coefficient (Wildman–Crippen LogP) is 2.46. The van der Waals surface area contributed by atoms with Crippen LogP contribution in [-0.2, 0) is 26.1 Å². The zero-order valence-corrected chi connectivity index (χ0v) is 17.8. The fourth-order valence-electron chi connectivity index (χ4n) is 3.27. The second-order valence-electron chi connectivity index (χ2n) is 7.26. The van der Waals surface area contributed by atoms with Crippen LogP contribution in [0.1, 0.15) is 23.9 Å².